The minimum Gasteiger partial charge on any atom is -0.496 e. The highest BCUT2D eigenvalue weighted by molar-refractivity contribution is 5.33. The molecule has 0 saturated carbocycles. The summed E-state index contributed by atoms with van der Waals surface area (Å²) in [5.41, 5.74) is 1.18. The molecule has 0 aliphatic carbocycles. The molecule has 3 nitrogen and oxygen atoms in total. The van der Waals surface area contributed by atoms with Gasteiger partial charge in [0.15, 0.2) is 0 Å². The van der Waals surface area contributed by atoms with Gasteiger partial charge in [-0.3, -0.25) is 4.98 Å². The summed E-state index contributed by atoms with van der Waals surface area (Å²) in [7, 11) is 1.70. The summed E-state index contributed by atoms with van der Waals surface area (Å²) in [6, 6.07) is 2.35. The van der Waals surface area contributed by atoms with E-state index in [-0.39, 0.29) is 0 Å². The summed E-state index contributed by atoms with van der Waals surface area (Å²) >= 11 is 0. The molecule has 1 saturated heterocycles. The van der Waals surface area contributed by atoms with E-state index >= 15 is 0 Å². The Kier molecular flexibility index (Phi) is 2.45. The zero-order valence-corrected chi connectivity index (χ0v) is 7.79. The first-order valence-electron chi connectivity index (χ1n) is 4.63. The Balaban J connectivity index is 2.26. The Morgan fingerprint density at radius 2 is 2.54 bits per heavy atom. The van der Waals surface area contributed by atoms with Crippen molar-refractivity contribution in [1.29, 1.82) is 0 Å². The van der Waals surface area contributed by atoms with Crippen LogP contribution in [0.1, 0.15) is 24.4 Å². The lowest BCUT2D eigenvalue weighted by molar-refractivity contribution is 0.402. The fraction of sp³-hybridized carbons (Fsp3) is 0.500. The van der Waals surface area contributed by atoms with Crippen LogP contribution in [-0.4, -0.2) is 18.6 Å². The van der Waals surface area contributed by atoms with Crippen molar-refractivity contribution in [2.45, 2.75) is 18.9 Å². The van der Waals surface area contributed by atoms with Gasteiger partial charge in [0.1, 0.15) is 5.75 Å². The zero-order valence-electron chi connectivity index (χ0n) is 7.79. The number of hydrogen-bond acceptors (Lipinski definition) is 3. The van der Waals surface area contributed by atoms with E-state index in [1.54, 1.807) is 13.3 Å². The largest absolute Gasteiger partial charge is 0.496 e. The Morgan fingerprint density at radius 3 is 3.23 bits per heavy atom. The van der Waals surface area contributed by atoms with Gasteiger partial charge in [-0.25, -0.2) is 0 Å². The third-order valence-corrected chi connectivity index (χ3v) is 2.47. The molecule has 1 aromatic heterocycles. The van der Waals surface area contributed by atoms with Crippen molar-refractivity contribution in [3.8, 4) is 5.75 Å². The maximum absolute atomic E-state index is 5.28. The molecular weight excluding hydrogens is 164 g/mol. The highest BCUT2D eigenvalue weighted by atomic mass is 16.5. The second-order valence-corrected chi connectivity index (χ2v) is 3.27. The van der Waals surface area contributed by atoms with Crippen LogP contribution in [0.15, 0.2) is 18.5 Å². The monoisotopic (exact) mass is 178 g/mol. The van der Waals surface area contributed by atoms with Crippen LogP contribution < -0.4 is 10.1 Å². The molecule has 1 N–H and O–H groups in total. The Bertz CT molecular complexity index is 282. The van der Waals surface area contributed by atoms with Crippen LogP contribution in [0, 0.1) is 0 Å². The third-order valence-electron chi connectivity index (χ3n) is 2.47. The van der Waals surface area contributed by atoms with Crippen LogP contribution in [-0.2, 0) is 0 Å². The number of hydrogen-bond donors (Lipinski definition) is 1. The van der Waals surface area contributed by atoms with Crippen molar-refractivity contribution in [3.05, 3.63) is 24.0 Å². The number of aromatic nitrogens is 1. The molecule has 2 heterocycles. The summed E-state index contributed by atoms with van der Waals surface area (Å²) in [6.07, 6.45) is 6.07. The minimum absolute atomic E-state index is 0.434. The molecule has 0 spiro atoms. The molecule has 0 unspecified atom stereocenters. The van der Waals surface area contributed by atoms with Crippen molar-refractivity contribution in [3.63, 3.8) is 0 Å². The van der Waals surface area contributed by atoms with E-state index in [4.69, 9.17) is 4.74 Å². The summed E-state index contributed by atoms with van der Waals surface area (Å²) < 4.78 is 5.28. The normalized spacial score (nSPS) is 21.8. The number of ether oxygens (including phenoxy) is 1. The Morgan fingerprint density at radius 1 is 1.62 bits per heavy atom. The van der Waals surface area contributed by atoms with Gasteiger partial charge in [0.2, 0.25) is 0 Å². The molecule has 0 aromatic carbocycles. The smallest absolute Gasteiger partial charge is 0.126 e. The van der Waals surface area contributed by atoms with E-state index in [1.165, 1.54) is 18.4 Å². The molecule has 1 aliphatic rings. The maximum atomic E-state index is 5.28. The third kappa shape index (κ3) is 1.65. The second-order valence-electron chi connectivity index (χ2n) is 3.27. The fourth-order valence-corrected chi connectivity index (χ4v) is 1.79. The number of nitrogens with zero attached hydrogens (tertiary/aromatic N) is 1. The van der Waals surface area contributed by atoms with Crippen LogP contribution in [0.2, 0.25) is 0 Å². The van der Waals surface area contributed by atoms with Gasteiger partial charge in [0.05, 0.1) is 7.11 Å². The SMILES string of the molecule is COc1ccncc1[C@@H]1CCCN1. The van der Waals surface area contributed by atoms with Gasteiger partial charge >= 0.3 is 0 Å². The molecule has 1 fully saturated rings. The molecule has 3 heteroatoms. The number of nitrogens with one attached hydrogen (secondary N) is 1. The van der Waals surface area contributed by atoms with E-state index in [9.17, 15) is 0 Å². The average molecular weight is 178 g/mol. The van der Waals surface area contributed by atoms with Gasteiger partial charge in [0, 0.05) is 24.0 Å². The summed E-state index contributed by atoms with van der Waals surface area (Å²) in [6.45, 7) is 1.10. The van der Waals surface area contributed by atoms with Gasteiger partial charge in [-0.05, 0) is 25.5 Å². The molecular formula is C10H14N2O. The lowest BCUT2D eigenvalue weighted by Gasteiger charge is -2.13. The van der Waals surface area contributed by atoms with E-state index in [0.29, 0.717) is 6.04 Å². The van der Waals surface area contributed by atoms with Gasteiger partial charge < -0.3 is 10.1 Å². The minimum atomic E-state index is 0.434. The van der Waals surface area contributed by atoms with Gasteiger partial charge in [-0.15, -0.1) is 0 Å². The van der Waals surface area contributed by atoms with Gasteiger partial charge in [0.25, 0.3) is 0 Å². The van der Waals surface area contributed by atoms with Crippen molar-refractivity contribution < 1.29 is 4.74 Å². The van der Waals surface area contributed by atoms with Crippen molar-refractivity contribution in [2.24, 2.45) is 0 Å². The quantitative estimate of drug-likeness (QED) is 0.745. The first kappa shape index (κ1) is 8.51. The predicted molar refractivity (Wildman–Crippen MR) is 50.8 cm³/mol. The Hall–Kier alpha value is -1.09. The molecule has 0 amide bonds. The van der Waals surface area contributed by atoms with Crippen molar-refractivity contribution >= 4 is 0 Å². The molecule has 13 heavy (non-hydrogen) atoms. The van der Waals surface area contributed by atoms with Crippen molar-refractivity contribution in [1.82, 2.24) is 10.3 Å². The van der Waals surface area contributed by atoms with Crippen LogP contribution >= 0.6 is 0 Å². The highest BCUT2D eigenvalue weighted by Gasteiger charge is 2.19. The van der Waals surface area contributed by atoms with Crippen LogP contribution in [0.5, 0.6) is 5.75 Å². The molecule has 1 aromatic rings. The van der Waals surface area contributed by atoms with E-state index in [0.717, 1.165) is 12.3 Å². The topological polar surface area (TPSA) is 34.1 Å². The standard InChI is InChI=1S/C10H14N2O/c1-13-10-4-6-11-7-8(10)9-3-2-5-12-9/h4,6-7,9,12H,2-3,5H2,1H3/t9-/m0/s1. The molecule has 1 aliphatic heterocycles. The maximum Gasteiger partial charge on any atom is 0.126 e. The molecule has 0 bridgehead atoms. The summed E-state index contributed by atoms with van der Waals surface area (Å²) in [5.74, 6) is 0.939. The fourth-order valence-electron chi connectivity index (χ4n) is 1.79. The molecule has 70 valence electrons. The second kappa shape index (κ2) is 3.75. The van der Waals surface area contributed by atoms with Crippen LogP contribution in [0.3, 0.4) is 0 Å². The van der Waals surface area contributed by atoms with Crippen molar-refractivity contribution in [2.75, 3.05) is 13.7 Å². The van der Waals surface area contributed by atoms with Crippen LogP contribution in [0.25, 0.3) is 0 Å². The zero-order chi connectivity index (χ0) is 9.10. The molecule has 2 rings (SSSR count). The average Bonchev–Trinajstić information content (AvgIpc) is 2.70. The van der Waals surface area contributed by atoms with E-state index in [1.807, 2.05) is 12.3 Å². The lowest BCUT2D eigenvalue weighted by Crippen LogP contribution is -2.13. The first-order chi connectivity index (χ1) is 6.42. The lowest BCUT2D eigenvalue weighted by atomic mass is 10.1. The summed E-state index contributed by atoms with van der Waals surface area (Å²) in [4.78, 5) is 4.12. The molecule has 0 radical (unpaired) electrons. The van der Waals surface area contributed by atoms with Gasteiger partial charge in [-0.1, -0.05) is 0 Å². The first-order valence-corrected chi connectivity index (χ1v) is 4.63. The summed E-state index contributed by atoms with van der Waals surface area (Å²) in [5, 5.41) is 3.43. The van der Waals surface area contributed by atoms with E-state index in [2.05, 4.69) is 10.3 Å². The predicted octanol–water partition coefficient (Wildman–Crippen LogP) is 1.51. The van der Waals surface area contributed by atoms with Gasteiger partial charge in [-0.2, -0.15) is 0 Å². The van der Waals surface area contributed by atoms with Crippen LogP contribution in [0.4, 0.5) is 0 Å². The number of methoxy groups -OCH3 is 1. The number of pyridine rings is 1. The molecule has 1 atom stereocenters. The highest BCUT2D eigenvalue weighted by Crippen LogP contribution is 2.29. The number of rotatable bonds is 2. The Labute approximate surface area is 78.1 Å². The van der Waals surface area contributed by atoms with E-state index < -0.39 is 0 Å².